The van der Waals surface area contributed by atoms with Crippen molar-refractivity contribution in [1.29, 1.82) is 0 Å². The van der Waals surface area contributed by atoms with Crippen LogP contribution in [-0.2, 0) is 19.1 Å². The van der Waals surface area contributed by atoms with Crippen molar-refractivity contribution in [3.63, 3.8) is 0 Å². The Morgan fingerprint density at radius 1 is 1.56 bits per heavy atom. The molecular formula is C12H18O4. The minimum atomic E-state index is -0.591. The molecule has 0 aromatic rings. The molecule has 0 N–H and O–H groups in total. The van der Waals surface area contributed by atoms with Crippen LogP contribution in [0.3, 0.4) is 0 Å². The van der Waals surface area contributed by atoms with Gasteiger partial charge in [-0.1, -0.05) is 13.3 Å². The van der Waals surface area contributed by atoms with E-state index < -0.39 is 5.60 Å². The number of hydrogen-bond donors (Lipinski definition) is 0. The number of hydrogen-bond acceptors (Lipinski definition) is 4. The number of ketones is 1. The summed E-state index contributed by atoms with van der Waals surface area (Å²) in [6.07, 6.45) is 3.62. The van der Waals surface area contributed by atoms with E-state index in [1.807, 2.05) is 6.92 Å². The lowest BCUT2D eigenvalue weighted by atomic mass is 10.00. The van der Waals surface area contributed by atoms with Gasteiger partial charge in [0.2, 0.25) is 0 Å². The van der Waals surface area contributed by atoms with Gasteiger partial charge in [-0.05, 0) is 20.3 Å². The van der Waals surface area contributed by atoms with Crippen LogP contribution in [0, 0.1) is 0 Å². The summed E-state index contributed by atoms with van der Waals surface area (Å²) in [5.41, 5.74) is -0.591. The number of esters is 1. The van der Waals surface area contributed by atoms with Crippen molar-refractivity contribution in [3.05, 3.63) is 12.0 Å². The van der Waals surface area contributed by atoms with Crippen LogP contribution in [0.25, 0.3) is 0 Å². The van der Waals surface area contributed by atoms with E-state index in [1.54, 1.807) is 13.8 Å². The van der Waals surface area contributed by atoms with Crippen molar-refractivity contribution >= 4 is 11.8 Å². The van der Waals surface area contributed by atoms with E-state index >= 15 is 0 Å². The van der Waals surface area contributed by atoms with E-state index in [4.69, 9.17) is 9.47 Å². The minimum Gasteiger partial charge on any atom is -0.458 e. The van der Waals surface area contributed by atoms with Gasteiger partial charge in [0.25, 0.3) is 5.95 Å². The first kappa shape index (κ1) is 12.7. The fraction of sp³-hybridized carbons (Fsp3) is 0.667. The zero-order chi connectivity index (χ0) is 12.2. The zero-order valence-electron chi connectivity index (χ0n) is 10.0. The summed E-state index contributed by atoms with van der Waals surface area (Å²) >= 11 is 0. The van der Waals surface area contributed by atoms with Crippen LogP contribution >= 0.6 is 0 Å². The van der Waals surface area contributed by atoms with E-state index in [0.29, 0.717) is 12.8 Å². The molecule has 0 saturated heterocycles. The molecule has 90 valence electrons. The largest absolute Gasteiger partial charge is 0.458 e. The summed E-state index contributed by atoms with van der Waals surface area (Å²) in [6, 6.07) is 0. The van der Waals surface area contributed by atoms with Crippen molar-refractivity contribution in [1.82, 2.24) is 0 Å². The topological polar surface area (TPSA) is 52.6 Å². The molecule has 1 aliphatic heterocycles. The third-order valence-corrected chi connectivity index (χ3v) is 2.20. The van der Waals surface area contributed by atoms with Gasteiger partial charge in [0.1, 0.15) is 5.60 Å². The first-order valence-corrected chi connectivity index (χ1v) is 5.57. The average molecular weight is 226 g/mol. The van der Waals surface area contributed by atoms with Gasteiger partial charge in [0.05, 0.1) is 12.5 Å². The quantitative estimate of drug-likeness (QED) is 0.690. The van der Waals surface area contributed by atoms with Crippen molar-refractivity contribution in [2.45, 2.75) is 52.1 Å². The van der Waals surface area contributed by atoms with Crippen LogP contribution in [0.4, 0.5) is 0 Å². The standard InChI is InChI=1S/C12H18O4/c1-4-5-6-10(14)15-11-7-9(13)8-12(2,3)16-11/h7H,4-6,8H2,1-3H3. The van der Waals surface area contributed by atoms with Crippen LogP contribution in [0.15, 0.2) is 12.0 Å². The molecule has 0 saturated carbocycles. The van der Waals surface area contributed by atoms with Gasteiger partial charge in [-0.15, -0.1) is 0 Å². The molecule has 4 heteroatoms. The minimum absolute atomic E-state index is 0.0300. The predicted octanol–water partition coefficient (Wildman–Crippen LogP) is 2.33. The third kappa shape index (κ3) is 4.04. The molecule has 0 amide bonds. The van der Waals surface area contributed by atoms with Gasteiger partial charge in [0.15, 0.2) is 5.78 Å². The Bertz CT molecular complexity index is 315. The fourth-order valence-corrected chi connectivity index (χ4v) is 1.47. The van der Waals surface area contributed by atoms with Crippen molar-refractivity contribution in [2.75, 3.05) is 0 Å². The molecule has 0 atom stereocenters. The molecule has 0 spiro atoms. The lowest BCUT2D eigenvalue weighted by Crippen LogP contribution is -2.32. The van der Waals surface area contributed by atoms with E-state index in [2.05, 4.69) is 0 Å². The highest BCUT2D eigenvalue weighted by Crippen LogP contribution is 2.25. The van der Waals surface area contributed by atoms with Crippen LogP contribution in [0.1, 0.15) is 46.5 Å². The molecule has 0 aromatic heterocycles. The Morgan fingerprint density at radius 2 is 2.25 bits per heavy atom. The zero-order valence-corrected chi connectivity index (χ0v) is 10.0. The van der Waals surface area contributed by atoms with E-state index in [0.717, 1.165) is 12.8 Å². The first-order chi connectivity index (χ1) is 7.43. The summed E-state index contributed by atoms with van der Waals surface area (Å²) in [7, 11) is 0. The molecular weight excluding hydrogens is 208 g/mol. The van der Waals surface area contributed by atoms with E-state index in [1.165, 1.54) is 6.08 Å². The van der Waals surface area contributed by atoms with Crippen LogP contribution in [0.5, 0.6) is 0 Å². The average Bonchev–Trinajstić information content (AvgIpc) is 2.11. The van der Waals surface area contributed by atoms with Crippen LogP contribution in [-0.4, -0.2) is 17.4 Å². The molecule has 0 unspecified atom stereocenters. The van der Waals surface area contributed by atoms with Crippen LogP contribution in [0.2, 0.25) is 0 Å². The Hall–Kier alpha value is -1.32. The summed E-state index contributed by atoms with van der Waals surface area (Å²) < 4.78 is 10.4. The second kappa shape index (κ2) is 5.14. The monoisotopic (exact) mass is 226 g/mol. The molecule has 0 aliphatic carbocycles. The highest BCUT2D eigenvalue weighted by molar-refractivity contribution is 5.91. The van der Waals surface area contributed by atoms with Crippen molar-refractivity contribution in [2.24, 2.45) is 0 Å². The molecule has 1 aliphatic rings. The van der Waals surface area contributed by atoms with Gasteiger partial charge in [-0.25, -0.2) is 0 Å². The van der Waals surface area contributed by atoms with Gasteiger partial charge in [0, 0.05) is 6.42 Å². The van der Waals surface area contributed by atoms with Crippen LogP contribution < -0.4 is 0 Å². The molecule has 1 heterocycles. The van der Waals surface area contributed by atoms with Gasteiger partial charge in [-0.2, -0.15) is 0 Å². The lowest BCUT2D eigenvalue weighted by molar-refractivity contribution is -0.152. The SMILES string of the molecule is CCCCC(=O)OC1=CC(=O)CC(C)(C)O1. The van der Waals surface area contributed by atoms with Gasteiger partial charge in [-0.3, -0.25) is 9.59 Å². The number of rotatable bonds is 4. The second-order valence-electron chi connectivity index (χ2n) is 4.55. The predicted molar refractivity (Wildman–Crippen MR) is 58.5 cm³/mol. The Morgan fingerprint density at radius 3 is 2.81 bits per heavy atom. The number of carbonyl (C=O) groups excluding carboxylic acids is 2. The number of allylic oxidation sites excluding steroid dienone is 1. The number of ether oxygens (including phenoxy) is 2. The highest BCUT2D eigenvalue weighted by atomic mass is 16.7. The molecule has 0 aromatic carbocycles. The summed E-state index contributed by atoms with van der Waals surface area (Å²) in [5, 5.41) is 0. The van der Waals surface area contributed by atoms with Crippen molar-refractivity contribution < 1.29 is 19.1 Å². The lowest BCUT2D eigenvalue weighted by Gasteiger charge is -2.29. The van der Waals surface area contributed by atoms with Gasteiger partial charge >= 0.3 is 5.97 Å². The summed E-state index contributed by atoms with van der Waals surface area (Å²) in [5.74, 6) is -0.393. The molecule has 0 fully saturated rings. The second-order valence-corrected chi connectivity index (χ2v) is 4.55. The van der Waals surface area contributed by atoms with Crippen molar-refractivity contribution in [3.8, 4) is 0 Å². The molecule has 16 heavy (non-hydrogen) atoms. The molecule has 4 nitrogen and oxygen atoms in total. The smallest absolute Gasteiger partial charge is 0.313 e. The molecule has 0 radical (unpaired) electrons. The van der Waals surface area contributed by atoms with E-state index in [9.17, 15) is 9.59 Å². The number of unbranched alkanes of at least 4 members (excludes halogenated alkanes) is 1. The van der Waals surface area contributed by atoms with E-state index in [-0.39, 0.29) is 17.7 Å². The molecule has 1 rings (SSSR count). The van der Waals surface area contributed by atoms with Gasteiger partial charge < -0.3 is 9.47 Å². The summed E-state index contributed by atoms with van der Waals surface area (Å²) in [4.78, 5) is 22.7. The summed E-state index contributed by atoms with van der Waals surface area (Å²) in [6.45, 7) is 5.58. The highest BCUT2D eigenvalue weighted by Gasteiger charge is 2.30. The normalized spacial score (nSPS) is 18.7. The Balaban J connectivity index is 2.54. The Kier molecular flexibility index (Phi) is 4.10. The Labute approximate surface area is 95.6 Å². The third-order valence-electron chi connectivity index (χ3n) is 2.20. The fourth-order valence-electron chi connectivity index (χ4n) is 1.47. The first-order valence-electron chi connectivity index (χ1n) is 5.57. The maximum atomic E-state index is 11.3. The molecule has 0 bridgehead atoms. The maximum absolute atomic E-state index is 11.3. The number of carbonyl (C=O) groups is 2. The maximum Gasteiger partial charge on any atom is 0.313 e.